The average molecular weight is 356 g/mol. The second-order valence-corrected chi connectivity index (χ2v) is 7.09. The quantitative estimate of drug-likeness (QED) is 0.512. The second kappa shape index (κ2) is 6.84. The van der Waals surface area contributed by atoms with Crippen molar-refractivity contribution in [1.29, 1.82) is 0 Å². The number of methoxy groups -OCH3 is 2. The lowest BCUT2D eigenvalue weighted by atomic mass is 9.95. The molecule has 4 nitrogen and oxygen atoms in total. The van der Waals surface area contributed by atoms with Crippen LogP contribution in [0.2, 0.25) is 0 Å². The number of nitrogens with zero attached hydrogens (tertiary/aromatic N) is 1. The Morgan fingerprint density at radius 2 is 1.64 bits per heavy atom. The summed E-state index contributed by atoms with van der Waals surface area (Å²) < 4.78 is 13.3. The Kier molecular flexibility index (Phi) is 4.77. The summed E-state index contributed by atoms with van der Waals surface area (Å²) in [5.41, 5.74) is 4.51. The number of Topliss-reactive ketones (excluding diaryl/α,β-unsaturated/α-hetero) is 1. The highest BCUT2D eigenvalue weighted by Gasteiger charge is 2.26. The summed E-state index contributed by atoms with van der Waals surface area (Å²) in [6, 6.07) is 7.84. The maximum absolute atomic E-state index is 13.1. The molecular weight excluding hydrogens is 334 g/mol. The van der Waals surface area contributed by atoms with Crippen LogP contribution in [0.25, 0.3) is 10.8 Å². The highest BCUT2D eigenvalue weighted by Crippen LogP contribution is 2.40. The minimum Gasteiger partial charge on any atom is -0.496 e. The first-order valence-electron chi connectivity index (χ1n) is 8.10. The summed E-state index contributed by atoms with van der Waals surface area (Å²) >= 11 is 1.65. The summed E-state index contributed by atoms with van der Waals surface area (Å²) in [5.74, 6) is 1.36. The van der Waals surface area contributed by atoms with Crippen molar-refractivity contribution in [3.05, 3.63) is 51.5 Å². The number of fused-ring (bicyclic) bond motifs is 1. The van der Waals surface area contributed by atoms with Crippen LogP contribution in [0.3, 0.4) is 0 Å². The van der Waals surface area contributed by atoms with Crippen LogP contribution in [0.5, 0.6) is 11.5 Å². The van der Waals surface area contributed by atoms with Crippen molar-refractivity contribution in [2.24, 2.45) is 0 Å². The van der Waals surface area contributed by atoms with Crippen LogP contribution in [-0.2, 0) is 6.54 Å². The van der Waals surface area contributed by atoms with Crippen LogP contribution < -0.4 is 14.0 Å². The molecule has 0 saturated carbocycles. The van der Waals surface area contributed by atoms with Crippen molar-refractivity contribution in [1.82, 2.24) is 0 Å². The standard InChI is InChI=1S/C20H22NO3S/c1-12-18(17(22)10-21-11-25-14(3)13(21)2)20(24-5)16-9-7-6-8-15(16)19(12)23-4/h6-9,11H,10H2,1-5H3/q+1. The Hall–Kier alpha value is -2.40. The molecule has 0 radical (unpaired) electrons. The van der Waals surface area contributed by atoms with Gasteiger partial charge in [-0.25, -0.2) is 0 Å². The van der Waals surface area contributed by atoms with Crippen LogP contribution in [0, 0.1) is 20.8 Å². The predicted octanol–water partition coefficient (Wildman–Crippen LogP) is 4.01. The molecule has 25 heavy (non-hydrogen) atoms. The molecule has 0 bridgehead atoms. The van der Waals surface area contributed by atoms with Gasteiger partial charge in [0.2, 0.25) is 17.8 Å². The maximum Gasteiger partial charge on any atom is 0.231 e. The Balaban J connectivity index is 2.19. The molecule has 1 heterocycles. The van der Waals surface area contributed by atoms with E-state index in [4.69, 9.17) is 9.47 Å². The molecule has 1 aromatic heterocycles. The van der Waals surface area contributed by atoms with Crippen LogP contribution in [-0.4, -0.2) is 20.0 Å². The van der Waals surface area contributed by atoms with Crippen LogP contribution in [0.15, 0.2) is 29.8 Å². The normalized spacial score (nSPS) is 10.9. The van der Waals surface area contributed by atoms with Gasteiger partial charge < -0.3 is 9.47 Å². The number of carbonyl (C=O) groups is 1. The van der Waals surface area contributed by atoms with Crippen molar-refractivity contribution < 1.29 is 18.8 Å². The van der Waals surface area contributed by atoms with Crippen LogP contribution in [0.4, 0.5) is 0 Å². The second-order valence-electron chi connectivity index (χ2n) is 6.03. The van der Waals surface area contributed by atoms with Gasteiger partial charge in [-0.15, -0.1) is 0 Å². The summed E-state index contributed by atoms with van der Waals surface area (Å²) in [5, 5.41) is 1.84. The predicted molar refractivity (Wildman–Crippen MR) is 100 cm³/mol. The summed E-state index contributed by atoms with van der Waals surface area (Å²) in [6.07, 6.45) is 0. The zero-order chi connectivity index (χ0) is 18.1. The first-order chi connectivity index (χ1) is 12.0. The Bertz CT molecular complexity index is 959. The monoisotopic (exact) mass is 356 g/mol. The molecule has 0 aliphatic carbocycles. The van der Waals surface area contributed by atoms with E-state index in [-0.39, 0.29) is 12.3 Å². The molecule has 0 N–H and O–H groups in total. The Labute approximate surface area is 151 Å². The third-order valence-corrected chi connectivity index (χ3v) is 5.67. The van der Waals surface area contributed by atoms with Gasteiger partial charge in [-0.05, 0) is 13.8 Å². The van der Waals surface area contributed by atoms with Gasteiger partial charge in [0.15, 0.2) is 5.69 Å². The number of hydrogen-bond acceptors (Lipinski definition) is 4. The van der Waals surface area contributed by atoms with Crippen molar-refractivity contribution in [3.8, 4) is 11.5 Å². The Morgan fingerprint density at radius 3 is 2.16 bits per heavy atom. The maximum atomic E-state index is 13.1. The van der Waals surface area contributed by atoms with Gasteiger partial charge in [-0.3, -0.25) is 4.79 Å². The average Bonchev–Trinajstić information content (AvgIpc) is 2.92. The van der Waals surface area contributed by atoms with Gasteiger partial charge in [0.05, 0.1) is 24.7 Å². The van der Waals surface area contributed by atoms with Crippen molar-refractivity contribution in [2.45, 2.75) is 27.3 Å². The van der Waals surface area contributed by atoms with Crippen LogP contribution >= 0.6 is 11.3 Å². The smallest absolute Gasteiger partial charge is 0.231 e. The van der Waals surface area contributed by atoms with E-state index in [1.54, 1.807) is 25.6 Å². The Morgan fingerprint density at radius 1 is 1.04 bits per heavy atom. The van der Waals surface area contributed by atoms with Crippen molar-refractivity contribution >= 4 is 27.9 Å². The van der Waals surface area contributed by atoms with Gasteiger partial charge in [0.1, 0.15) is 11.5 Å². The lowest BCUT2D eigenvalue weighted by molar-refractivity contribution is -0.684. The van der Waals surface area contributed by atoms with Gasteiger partial charge in [0.25, 0.3) is 0 Å². The number of benzene rings is 2. The summed E-state index contributed by atoms with van der Waals surface area (Å²) in [4.78, 5) is 14.4. The van der Waals surface area contributed by atoms with E-state index in [0.29, 0.717) is 11.3 Å². The lowest BCUT2D eigenvalue weighted by Crippen LogP contribution is -2.38. The largest absolute Gasteiger partial charge is 0.496 e. The van der Waals surface area contributed by atoms with E-state index < -0.39 is 0 Å². The molecule has 0 atom stereocenters. The molecule has 3 rings (SSSR count). The molecule has 0 unspecified atom stereocenters. The number of thiazole rings is 1. The fourth-order valence-electron chi connectivity index (χ4n) is 3.21. The molecule has 2 aromatic carbocycles. The molecule has 0 fully saturated rings. The van der Waals surface area contributed by atoms with Gasteiger partial charge in [-0.2, -0.15) is 4.57 Å². The van der Waals surface area contributed by atoms with Gasteiger partial charge in [-0.1, -0.05) is 35.6 Å². The highest BCUT2D eigenvalue weighted by molar-refractivity contribution is 7.09. The van der Waals surface area contributed by atoms with Crippen LogP contribution in [0.1, 0.15) is 26.5 Å². The third-order valence-electron chi connectivity index (χ3n) is 4.66. The molecule has 130 valence electrons. The topological polar surface area (TPSA) is 39.4 Å². The number of ketones is 1. The van der Waals surface area contributed by atoms with E-state index in [2.05, 4.69) is 6.92 Å². The van der Waals surface area contributed by atoms with E-state index in [0.717, 1.165) is 27.8 Å². The number of aromatic nitrogens is 1. The first-order valence-corrected chi connectivity index (χ1v) is 8.98. The lowest BCUT2D eigenvalue weighted by Gasteiger charge is -2.17. The molecule has 0 amide bonds. The summed E-state index contributed by atoms with van der Waals surface area (Å²) in [6.45, 7) is 6.29. The van der Waals surface area contributed by atoms with Crippen molar-refractivity contribution in [2.75, 3.05) is 14.2 Å². The number of rotatable bonds is 5. The number of ether oxygens (including phenoxy) is 2. The molecule has 5 heteroatoms. The fourth-order valence-corrected chi connectivity index (χ4v) is 4.02. The van der Waals surface area contributed by atoms with E-state index >= 15 is 0 Å². The summed E-state index contributed by atoms with van der Waals surface area (Å²) in [7, 11) is 3.24. The molecule has 0 aliphatic rings. The molecule has 0 aliphatic heterocycles. The van der Waals surface area contributed by atoms with E-state index in [9.17, 15) is 4.79 Å². The number of aryl methyl sites for hydroxylation is 1. The van der Waals surface area contributed by atoms with Gasteiger partial charge >= 0.3 is 0 Å². The molecule has 3 aromatic rings. The fraction of sp³-hybridized carbons (Fsp3) is 0.300. The number of carbonyl (C=O) groups excluding carboxylic acids is 1. The SMILES string of the molecule is COc1c(C)c(C(=O)C[n+]2csc(C)c2C)c(OC)c2ccccc12. The van der Waals surface area contributed by atoms with Crippen molar-refractivity contribution in [3.63, 3.8) is 0 Å². The highest BCUT2D eigenvalue weighted by atomic mass is 32.1. The minimum atomic E-state index is 0.0179. The zero-order valence-corrected chi connectivity index (χ0v) is 16.0. The minimum absolute atomic E-state index is 0.0179. The molecule has 0 spiro atoms. The van der Waals surface area contributed by atoms with E-state index in [1.165, 1.54) is 4.88 Å². The third kappa shape index (κ3) is 2.89. The van der Waals surface area contributed by atoms with Gasteiger partial charge in [0, 0.05) is 23.3 Å². The molecule has 0 saturated heterocycles. The first kappa shape index (κ1) is 17.4. The van der Waals surface area contributed by atoms with E-state index in [1.807, 2.05) is 48.2 Å². The molecular formula is C20H22NO3S+. The number of hydrogen-bond donors (Lipinski definition) is 0. The zero-order valence-electron chi connectivity index (χ0n) is 15.2.